The molecular formula is C11H11N3O2S. The molecule has 6 heteroatoms. The van der Waals surface area contributed by atoms with Gasteiger partial charge in [-0.2, -0.15) is 5.10 Å². The molecule has 0 aliphatic rings. The van der Waals surface area contributed by atoms with Gasteiger partial charge in [-0.05, 0) is 18.2 Å². The van der Waals surface area contributed by atoms with Gasteiger partial charge in [-0.15, -0.1) is 11.8 Å². The Morgan fingerprint density at radius 3 is 2.94 bits per heavy atom. The first kappa shape index (κ1) is 11.7. The summed E-state index contributed by atoms with van der Waals surface area (Å²) >= 11 is 1.57. The lowest BCUT2D eigenvalue weighted by Crippen LogP contribution is -2.01. The van der Waals surface area contributed by atoms with E-state index in [0.717, 1.165) is 17.3 Å². The quantitative estimate of drug-likeness (QED) is 0.818. The molecule has 0 fully saturated rings. The van der Waals surface area contributed by atoms with E-state index in [2.05, 4.69) is 10.1 Å². The predicted molar refractivity (Wildman–Crippen MR) is 64.1 cm³/mol. The molecular weight excluding hydrogens is 238 g/mol. The third-order valence-electron chi connectivity index (χ3n) is 2.11. The summed E-state index contributed by atoms with van der Waals surface area (Å²) in [7, 11) is 0. The molecule has 0 saturated heterocycles. The van der Waals surface area contributed by atoms with Gasteiger partial charge in [0, 0.05) is 24.3 Å². The summed E-state index contributed by atoms with van der Waals surface area (Å²) in [5.41, 5.74) is 0.210. The van der Waals surface area contributed by atoms with Crippen molar-refractivity contribution in [1.82, 2.24) is 14.8 Å². The number of rotatable bonds is 5. The van der Waals surface area contributed by atoms with Crippen LogP contribution in [0.4, 0.5) is 0 Å². The van der Waals surface area contributed by atoms with Gasteiger partial charge in [0.05, 0.1) is 17.1 Å². The number of nitrogens with zero attached hydrogens (tertiary/aromatic N) is 3. The molecule has 88 valence electrons. The second kappa shape index (κ2) is 5.49. The maximum absolute atomic E-state index is 10.6. The maximum Gasteiger partial charge on any atom is 0.337 e. The zero-order valence-corrected chi connectivity index (χ0v) is 9.80. The summed E-state index contributed by atoms with van der Waals surface area (Å²) in [5, 5.41) is 13.6. The van der Waals surface area contributed by atoms with E-state index < -0.39 is 5.97 Å². The minimum Gasteiger partial charge on any atom is -0.478 e. The predicted octanol–water partition coefficient (Wildman–Crippen LogP) is 1.77. The Morgan fingerprint density at radius 1 is 1.47 bits per heavy atom. The molecule has 0 unspecified atom stereocenters. The van der Waals surface area contributed by atoms with Gasteiger partial charge >= 0.3 is 5.97 Å². The molecule has 2 heterocycles. The summed E-state index contributed by atoms with van der Waals surface area (Å²) in [4.78, 5) is 14.7. The molecule has 5 nitrogen and oxygen atoms in total. The van der Waals surface area contributed by atoms with Crippen LogP contribution in [0, 0.1) is 0 Å². The van der Waals surface area contributed by atoms with Crippen LogP contribution in [0.2, 0.25) is 0 Å². The number of thioether (sulfide) groups is 1. The van der Waals surface area contributed by atoms with E-state index in [4.69, 9.17) is 5.11 Å². The van der Waals surface area contributed by atoms with Gasteiger partial charge in [0.15, 0.2) is 0 Å². The number of hydrogen-bond donors (Lipinski definition) is 1. The average Bonchev–Trinajstić information content (AvgIpc) is 2.83. The lowest BCUT2D eigenvalue weighted by Gasteiger charge is -2.01. The Bertz CT molecular complexity index is 482. The van der Waals surface area contributed by atoms with Gasteiger partial charge in [-0.3, -0.25) is 4.68 Å². The third kappa shape index (κ3) is 3.32. The van der Waals surface area contributed by atoms with Crippen molar-refractivity contribution in [3.63, 3.8) is 0 Å². The zero-order valence-electron chi connectivity index (χ0n) is 8.98. The Hall–Kier alpha value is -1.82. The fourth-order valence-corrected chi connectivity index (χ4v) is 2.05. The van der Waals surface area contributed by atoms with E-state index in [1.54, 1.807) is 30.1 Å². The summed E-state index contributed by atoms with van der Waals surface area (Å²) in [6.45, 7) is 0.806. The van der Waals surface area contributed by atoms with Gasteiger partial charge in [0.1, 0.15) is 0 Å². The average molecular weight is 249 g/mol. The van der Waals surface area contributed by atoms with E-state index in [1.807, 2.05) is 16.9 Å². The van der Waals surface area contributed by atoms with Crippen LogP contribution in [-0.2, 0) is 6.54 Å². The Kier molecular flexibility index (Phi) is 3.77. The van der Waals surface area contributed by atoms with E-state index in [1.165, 1.54) is 6.20 Å². The van der Waals surface area contributed by atoms with Crippen molar-refractivity contribution in [2.45, 2.75) is 11.6 Å². The molecule has 1 N–H and O–H groups in total. The third-order valence-corrected chi connectivity index (χ3v) is 3.04. The van der Waals surface area contributed by atoms with Crippen molar-refractivity contribution in [1.29, 1.82) is 0 Å². The molecule has 0 radical (unpaired) electrons. The minimum absolute atomic E-state index is 0.210. The topological polar surface area (TPSA) is 68.0 Å². The second-order valence-corrected chi connectivity index (χ2v) is 4.42. The highest BCUT2D eigenvalue weighted by atomic mass is 32.2. The van der Waals surface area contributed by atoms with Crippen molar-refractivity contribution in [2.75, 3.05) is 5.75 Å². The molecule has 0 aliphatic heterocycles. The second-order valence-electron chi connectivity index (χ2n) is 3.31. The number of aromatic carboxylic acids is 1. The van der Waals surface area contributed by atoms with Crippen LogP contribution >= 0.6 is 11.8 Å². The lowest BCUT2D eigenvalue weighted by molar-refractivity contribution is 0.0696. The highest BCUT2D eigenvalue weighted by Crippen LogP contribution is 2.15. The highest BCUT2D eigenvalue weighted by Gasteiger charge is 2.03. The van der Waals surface area contributed by atoms with Gasteiger partial charge in [0.25, 0.3) is 0 Å². The molecule has 2 aromatic rings. The molecule has 0 spiro atoms. The van der Waals surface area contributed by atoms with Gasteiger partial charge in [-0.1, -0.05) is 0 Å². The van der Waals surface area contributed by atoms with E-state index in [-0.39, 0.29) is 5.56 Å². The fourth-order valence-electron chi connectivity index (χ4n) is 1.27. The minimum atomic E-state index is -0.953. The van der Waals surface area contributed by atoms with Crippen molar-refractivity contribution >= 4 is 17.7 Å². The zero-order chi connectivity index (χ0) is 12.1. The number of carbonyl (C=O) groups is 1. The number of aryl methyl sites for hydroxylation is 1. The normalized spacial score (nSPS) is 10.4. The first-order valence-corrected chi connectivity index (χ1v) is 6.04. The number of hydrogen-bond acceptors (Lipinski definition) is 4. The molecule has 0 amide bonds. The van der Waals surface area contributed by atoms with Crippen LogP contribution in [0.1, 0.15) is 10.4 Å². The number of pyridine rings is 1. The molecule has 0 saturated carbocycles. The lowest BCUT2D eigenvalue weighted by atomic mass is 10.3. The number of carboxylic acids is 1. The van der Waals surface area contributed by atoms with Crippen LogP contribution in [0.25, 0.3) is 0 Å². The number of carboxylic acid groups (broad SMARTS) is 1. The molecule has 0 bridgehead atoms. The standard InChI is InChI=1S/C11H11N3O2S/c15-11(16)9-2-3-10(12-8-9)17-7-6-14-5-1-4-13-14/h1-5,8H,6-7H2,(H,15,16). The summed E-state index contributed by atoms with van der Waals surface area (Å²) < 4.78 is 1.85. The summed E-state index contributed by atoms with van der Waals surface area (Å²) in [5.74, 6) is -0.105. The Morgan fingerprint density at radius 2 is 2.35 bits per heavy atom. The Balaban J connectivity index is 1.85. The Labute approximate surface area is 102 Å². The van der Waals surface area contributed by atoms with Crippen LogP contribution in [0.3, 0.4) is 0 Å². The fraction of sp³-hybridized carbons (Fsp3) is 0.182. The van der Waals surface area contributed by atoms with E-state index >= 15 is 0 Å². The smallest absolute Gasteiger partial charge is 0.337 e. The van der Waals surface area contributed by atoms with Crippen molar-refractivity contribution < 1.29 is 9.90 Å². The largest absolute Gasteiger partial charge is 0.478 e. The van der Waals surface area contributed by atoms with Crippen LogP contribution in [0.15, 0.2) is 41.8 Å². The SMILES string of the molecule is O=C(O)c1ccc(SCCn2cccn2)nc1. The maximum atomic E-state index is 10.6. The van der Waals surface area contributed by atoms with Gasteiger partial charge in [-0.25, -0.2) is 9.78 Å². The molecule has 0 aliphatic carbocycles. The number of aromatic nitrogens is 3. The van der Waals surface area contributed by atoms with E-state index in [0.29, 0.717) is 0 Å². The summed E-state index contributed by atoms with van der Waals surface area (Å²) in [6, 6.07) is 5.16. The van der Waals surface area contributed by atoms with Gasteiger partial charge in [0.2, 0.25) is 0 Å². The van der Waals surface area contributed by atoms with Crippen molar-refractivity contribution in [3.05, 3.63) is 42.4 Å². The van der Waals surface area contributed by atoms with E-state index in [9.17, 15) is 4.79 Å². The van der Waals surface area contributed by atoms with Gasteiger partial charge < -0.3 is 5.11 Å². The van der Waals surface area contributed by atoms with Crippen LogP contribution < -0.4 is 0 Å². The molecule has 2 rings (SSSR count). The molecule has 2 aromatic heterocycles. The molecule has 17 heavy (non-hydrogen) atoms. The first-order valence-electron chi connectivity index (χ1n) is 5.05. The van der Waals surface area contributed by atoms with Crippen LogP contribution in [-0.4, -0.2) is 31.6 Å². The van der Waals surface area contributed by atoms with Crippen molar-refractivity contribution in [2.24, 2.45) is 0 Å². The van der Waals surface area contributed by atoms with Crippen LogP contribution in [0.5, 0.6) is 0 Å². The summed E-state index contributed by atoms with van der Waals surface area (Å²) in [6.07, 6.45) is 5.02. The molecule has 0 atom stereocenters. The molecule has 0 aromatic carbocycles. The monoisotopic (exact) mass is 249 g/mol. The van der Waals surface area contributed by atoms with Crippen molar-refractivity contribution in [3.8, 4) is 0 Å². The first-order chi connectivity index (χ1) is 8.25. The highest BCUT2D eigenvalue weighted by molar-refractivity contribution is 7.99.